The Balaban J connectivity index is 2.19. The Kier molecular flexibility index (Phi) is 4.08. The lowest BCUT2D eigenvalue weighted by molar-refractivity contribution is 0.0690. The lowest BCUT2D eigenvalue weighted by Crippen LogP contribution is -2.05. The first-order valence-corrected chi connectivity index (χ1v) is 6.50. The van der Waals surface area contributed by atoms with Crippen molar-refractivity contribution in [2.75, 3.05) is 6.61 Å². The number of carboxylic acid groups (broad SMARTS) is 1. The second-order valence-electron chi connectivity index (χ2n) is 5.09. The molecule has 0 saturated carbocycles. The Hall–Kier alpha value is -2.30. The van der Waals surface area contributed by atoms with Crippen LogP contribution in [0.5, 0.6) is 5.75 Å². The Morgan fingerprint density at radius 3 is 2.50 bits per heavy atom. The van der Waals surface area contributed by atoms with Gasteiger partial charge in [-0.3, -0.25) is 0 Å². The van der Waals surface area contributed by atoms with Gasteiger partial charge in [0.15, 0.2) is 5.69 Å². The lowest BCUT2D eigenvalue weighted by atomic mass is 10.2. The Morgan fingerprint density at radius 2 is 2.00 bits per heavy atom. The van der Waals surface area contributed by atoms with Crippen molar-refractivity contribution in [2.45, 2.75) is 20.8 Å². The van der Waals surface area contributed by atoms with Gasteiger partial charge in [-0.05, 0) is 43.2 Å². The van der Waals surface area contributed by atoms with Gasteiger partial charge in [0.1, 0.15) is 5.75 Å². The van der Waals surface area contributed by atoms with Crippen LogP contribution in [0.15, 0.2) is 30.3 Å². The summed E-state index contributed by atoms with van der Waals surface area (Å²) in [5.74, 6) is 0.246. The van der Waals surface area contributed by atoms with Crippen LogP contribution >= 0.6 is 0 Å². The van der Waals surface area contributed by atoms with Crippen LogP contribution < -0.4 is 4.74 Å². The third-order valence-electron chi connectivity index (χ3n) is 2.77. The van der Waals surface area contributed by atoms with E-state index in [1.54, 1.807) is 10.7 Å². The molecule has 1 aromatic heterocycles. The van der Waals surface area contributed by atoms with Crippen molar-refractivity contribution in [3.8, 4) is 11.4 Å². The van der Waals surface area contributed by atoms with E-state index < -0.39 is 5.97 Å². The SMILES string of the molecule is Cc1cc(C(=O)O)nn1-c1ccc(OCC(C)C)cc1. The molecule has 0 fully saturated rings. The van der Waals surface area contributed by atoms with Crippen LogP contribution in [0.2, 0.25) is 0 Å². The molecule has 0 amide bonds. The Morgan fingerprint density at radius 1 is 1.35 bits per heavy atom. The van der Waals surface area contributed by atoms with Crippen LogP contribution in [0.3, 0.4) is 0 Å². The Labute approximate surface area is 117 Å². The average molecular weight is 274 g/mol. The Bertz CT molecular complexity index is 600. The minimum Gasteiger partial charge on any atom is -0.493 e. The molecule has 0 spiro atoms. The summed E-state index contributed by atoms with van der Waals surface area (Å²) >= 11 is 0. The molecule has 2 rings (SSSR count). The summed E-state index contributed by atoms with van der Waals surface area (Å²) in [5.41, 5.74) is 1.63. The summed E-state index contributed by atoms with van der Waals surface area (Å²) in [4.78, 5) is 10.9. The standard InChI is InChI=1S/C15H18N2O3/c1-10(2)9-20-13-6-4-12(5-7-13)17-11(3)8-14(16-17)15(18)19/h4-8,10H,9H2,1-3H3,(H,18,19). The van der Waals surface area contributed by atoms with Gasteiger partial charge in [0, 0.05) is 5.69 Å². The molecule has 20 heavy (non-hydrogen) atoms. The number of hydrogen-bond acceptors (Lipinski definition) is 3. The maximum atomic E-state index is 10.9. The number of nitrogens with zero attached hydrogens (tertiary/aromatic N) is 2. The van der Waals surface area contributed by atoms with Crippen molar-refractivity contribution >= 4 is 5.97 Å². The van der Waals surface area contributed by atoms with Crippen LogP contribution in [-0.2, 0) is 0 Å². The average Bonchev–Trinajstić information content (AvgIpc) is 2.79. The number of carboxylic acids is 1. The summed E-state index contributed by atoms with van der Waals surface area (Å²) in [6.45, 7) is 6.68. The maximum absolute atomic E-state index is 10.9. The van der Waals surface area contributed by atoms with Crippen molar-refractivity contribution in [2.24, 2.45) is 5.92 Å². The molecule has 1 aromatic carbocycles. The number of benzene rings is 1. The number of aromatic carboxylic acids is 1. The largest absolute Gasteiger partial charge is 0.493 e. The molecule has 0 aliphatic rings. The highest BCUT2D eigenvalue weighted by atomic mass is 16.5. The fourth-order valence-corrected chi connectivity index (χ4v) is 1.79. The number of ether oxygens (including phenoxy) is 1. The number of carbonyl (C=O) groups is 1. The molecule has 1 heterocycles. The molecule has 0 saturated heterocycles. The van der Waals surface area contributed by atoms with Crippen molar-refractivity contribution in [1.29, 1.82) is 0 Å². The van der Waals surface area contributed by atoms with E-state index in [9.17, 15) is 4.79 Å². The van der Waals surface area contributed by atoms with Gasteiger partial charge in [-0.15, -0.1) is 0 Å². The number of rotatable bonds is 5. The van der Waals surface area contributed by atoms with Crippen LogP contribution in [0.25, 0.3) is 5.69 Å². The highest BCUT2D eigenvalue weighted by Crippen LogP contribution is 2.17. The molecule has 1 N–H and O–H groups in total. The van der Waals surface area contributed by atoms with E-state index in [0.717, 1.165) is 17.1 Å². The van der Waals surface area contributed by atoms with Gasteiger partial charge >= 0.3 is 5.97 Å². The molecule has 2 aromatic rings. The molecular formula is C15H18N2O3. The van der Waals surface area contributed by atoms with Gasteiger partial charge in [0.2, 0.25) is 0 Å². The van der Waals surface area contributed by atoms with Gasteiger partial charge < -0.3 is 9.84 Å². The second kappa shape index (κ2) is 5.77. The zero-order valence-electron chi connectivity index (χ0n) is 11.8. The van der Waals surface area contributed by atoms with E-state index >= 15 is 0 Å². The van der Waals surface area contributed by atoms with Gasteiger partial charge in [0.25, 0.3) is 0 Å². The summed E-state index contributed by atoms with van der Waals surface area (Å²) in [5, 5.41) is 13.0. The van der Waals surface area contributed by atoms with Gasteiger partial charge in [-0.2, -0.15) is 5.10 Å². The van der Waals surface area contributed by atoms with E-state index in [0.29, 0.717) is 12.5 Å². The third kappa shape index (κ3) is 3.17. The smallest absolute Gasteiger partial charge is 0.356 e. The fraction of sp³-hybridized carbons (Fsp3) is 0.333. The first-order valence-electron chi connectivity index (χ1n) is 6.50. The lowest BCUT2D eigenvalue weighted by Gasteiger charge is -2.09. The van der Waals surface area contributed by atoms with E-state index in [1.165, 1.54) is 0 Å². The summed E-state index contributed by atoms with van der Waals surface area (Å²) in [6, 6.07) is 8.99. The monoisotopic (exact) mass is 274 g/mol. The molecule has 0 aliphatic carbocycles. The molecule has 5 heteroatoms. The molecule has 5 nitrogen and oxygen atoms in total. The molecule has 0 bridgehead atoms. The predicted octanol–water partition coefficient (Wildman–Crippen LogP) is 2.91. The zero-order valence-corrected chi connectivity index (χ0v) is 11.8. The minimum atomic E-state index is -1.02. The number of aromatic nitrogens is 2. The van der Waals surface area contributed by atoms with Crippen molar-refractivity contribution in [1.82, 2.24) is 9.78 Å². The highest BCUT2D eigenvalue weighted by Gasteiger charge is 2.11. The first-order chi connectivity index (χ1) is 9.47. The summed E-state index contributed by atoms with van der Waals surface area (Å²) < 4.78 is 7.22. The van der Waals surface area contributed by atoms with Crippen molar-refractivity contribution in [3.05, 3.63) is 41.7 Å². The first kappa shape index (κ1) is 14.1. The third-order valence-corrected chi connectivity index (χ3v) is 2.77. The highest BCUT2D eigenvalue weighted by molar-refractivity contribution is 5.85. The van der Waals surface area contributed by atoms with Crippen LogP contribution in [0, 0.1) is 12.8 Å². The van der Waals surface area contributed by atoms with Gasteiger partial charge in [-0.1, -0.05) is 13.8 Å². The normalized spacial score (nSPS) is 10.8. The van der Waals surface area contributed by atoms with E-state index in [1.807, 2.05) is 31.2 Å². The predicted molar refractivity (Wildman–Crippen MR) is 75.6 cm³/mol. The van der Waals surface area contributed by atoms with Crippen LogP contribution in [0.1, 0.15) is 30.0 Å². The van der Waals surface area contributed by atoms with Gasteiger partial charge in [0.05, 0.1) is 12.3 Å². The molecule has 0 radical (unpaired) electrons. The topological polar surface area (TPSA) is 64.3 Å². The zero-order chi connectivity index (χ0) is 14.7. The van der Waals surface area contributed by atoms with Crippen LogP contribution in [0.4, 0.5) is 0 Å². The number of hydrogen-bond donors (Lipinski definition) is 1. The van der Waals surface area contributed by atoms with Crippen LogP contribution in [-0.4, -0.2) is 27.5 Å². The van der Waals surface area contributed by atoms with E-state index in [2.05, 4.69) is 18.9 Å². The van der Waals surface area contributed by atoms with E-state index in [4.69, 9.17) is 9.84 Å². The quantitative estimate of drug-likeness (QED) is 0.910. The minimum absolute atomic E-state index is 0.0441. The van der Waals surface area contributed by atoms with E-state index in [-0.39, 0.29) is 5.69 Å². The second-order valence-corrected chi connectivity index (χ2v) is 5.09. The molecular weight excluding hydrogens is 256 g/mol. The fourth-order valence-electron chi connectivity index (χ4n) is 1.79. The molecule has 0 unspecified atom stereocenters. The molecule has 0 atom stereocenters. The maximum Gasteiger partial charge on any atom is 0.356 e. The number of aryl methyl sites for hydroxylation is 1. The molecule has 0 aliphatic heterocycles. The van der Waals surface area contributed by atoms with Gasteiger partial charge in [-0.25, -0.2) is 9.48 Å². The summed E-state index contributed by atoms with van der Waals surface area (Å²) in [7, 11) is 0. The van der Waals surface area contributed by atoms with Crippen molar-refractivity contribution in [3.63, 3.8) is 0 Å². The summed E-state index contributed by atoms with van der Waals surface area (Å²) in [6.07, 6.45) is 0. The van der Waals surface area contributed by atoms with Crippen molar-refractivity contribution < 1.29 is 14.6 Å². The molecule has 106 valence electrons.